The summed E-state index contributed by atoms with van der Waals surface area (Å²) in [5, 5.41) is 0. The fourth-order valence-corrected chi connectivity index (χ4v) is 8.09. The van der Waals surface area contributed by atoms with Gasteiger partial charge < -0.3 is 0 Å². The molecular formula is C7H14P+. The summed E-state index contributed by atoms with van der Waals surface area (Å²) in [5.74, 6) is 0. The molecule has 0 saturated carbocycles. The van der Waals surface area contributed by atoms with Crippen LogP contribution in [0.4, 0.5) is 0 Å². The van der Waals surface area contributed by atoms with Gasteiger partial charge in [-0.2, -0.15) is 0 Å². The van der Waals surface area contributed by atoms with Crippen LogP contribution in [0.15, 0.2) is 0 Å². The molecule has 2 aliphatic rings. The quantitative estimate of drug-likeness (QED) is 0.440. The van der Waals surface area contributed by atoms with Crippen molar-refractivity contribution in [3.63, 3.8) is 0 Å². The molecule has 2 saturated heterocycles. The highest BCUT2D eigenvalue weighted by Gasteiger charge is 2.82. The van der Waals surface area contributed by atoms with E-state index < -0.39 is 0 Å². The zero-order valence-corrected chi connectivity index (χ0v) is 6.78. The van der Waals surface area contributed by atoms with Gasteiger partial charge in [0, 0.05) is 7.26 Å². The number of hydrogen-bond donors (Lipinski definition) is 0. The minimum absolute atomic E-state index is 0.162. The highest BCUT2D eigenvalue weighted by Crippen LogP contribution is 2.97. The normalized spacial score (nSPS) is 68.6. The van der Waals surface area contributed by atoms with Crippen LogP contribution in [0.25, 0.3) is 0 Å². The summed E-state index contributed by atoms with van der Waals surface area (Å²) in [4.78, 5) is 0. The molecule has 2 heterocycles. The Bertz CT molecular complexity index is 122. The maximum atomic E-state index is 2.45. The van der Waals surface area contributed by atoms with E-state index in [1.165, 1.54) is 5.66 Å². The van der Waals surface area contributed by atoms with Crippen LogP contribution in [0.5, 0.6) is 0 Å². The first-order chi connectivity index (χ1) is 3.69. The number of hydrogen-bond acceptors (Lipinski definition) is 0. The first-order valence-electron chi connectivity index (χ1n) is 3.56. The third-order valence-corrected chi connectivity index (χ3v) is 9.51. The van der Waals surface area contributed by atoms with Gasteiger partial charge in [-0.1, -0.05) is 0 Å². The summed E-state index contributed by atoms with van der Waals surface area (Å²) in [5.41, 5.74) is 3.50. The van der Waals surface area contributed by atoms with Gasteiger partial charge in [-0.3, -0.25) is 0 Å². The molecule has 1 heteroatoms. The smallest absolute Gasteiger partial charge is 0.0246 e. The maximum absolute atomic E-state index is 2.45. The zero-order chi connectivity index (χ0) is 5.94. The zero-order valence-electron chi connectivity index (χ0n) is 5.89. The minimum atomic E-state index is -0.162. The summed E-state index contributed by atoms with van der Waals surface area (Å²) in [6.07, 6.45) is 1.63. The number of rotatable bonds is 0. The second-order valence-corrected chi connectivity index (χ2v) is 8.37. The molecule has 8 heavy (non-hydrogen) atoms. The predicted octanol–water partition coefficient (Wildman–Crippen LogP) is 2.20. The van der Waals surface area contributed by atoms with E-state index in [0.717, 1.165) is 11.3 Å². The molecule has 3 atom stereocenters. The van der Waals surface area contributed by atoms with Crippen molar-refractivity contribution < 1.29 is 0 Å². The largest absolute Gasteiger partial charge is 0.104 e. The Morgan fingerprint density at radius 3 is 1.50 bits per heavy atom. The van der Waals surface area contributed by atoms with Crippen molar-refractivity contribution >= 4 is 7.26 Å². The molecular weight excluding hydrogens is 115 g/mol. The van der Waals surface area contributed by atoms with E-state index in [1.807, 2.05) is 0 Å². The van der Waals surface area contributed by atoms with Crippen LogP contribution in [0.1, 0.15) is 20.8 Å². The molecule has 2 rings (SSSR count). The van der Waals surface area contributed by atoms with Crippen LogP contribution in [0, 0.1) is 0 Å². The van der Waals surface area contributed by atoms with Crippen LogP contribution in [-0.2, 0) is 0 Å². The van der Waals surface area contributed by atoms with Gasteiger partial charge in [0.05, 0.1) is 6.16 Å². The summed E-state index contributed by atoms with van der Waals surface area (Å²) in [6.45, 7) is 7.33. The average molecular weight is 129 g/mol. The summed E-state index contributed by atoms with van der Waals surface area (Å²) in [6, 6.07) is 0. The molecule has 0 N–H and O–H groups in total. The Morgan fingerprint density at radius 2 is 1.50 bits per heavy atom. The van der Waals surface area contributed by atoms with E-state index in [9.17, 15) is 0 Å². The second kappa shape index (κ2) is 1.14. The lowest BCUT2D eigenvalue weighted by Gasteiger charge is -1.71. The Balaban J connectivity index is 2.14. The van der Waals surface area contributed by atoms with Crippen molar-refractivity contribution in [2.45, 2.75) is 37.7 Å². The van der Waals surface area contributed by atoms with Crippen molar-refractivity contribution in [1.29, 1.82) is 0 Å². The van der Waals surface area contributed by atoms with Crippen LogP contribution in [0.2, 0.25) is 0 Å². The highest BCUT2D eigenvalue weighted by molar-refractivity contribution is 7.91. The Kier molecular flexibility index (Phi) is 0.744. The van der Waals surface area contributed by atoms with Gasteiger partial charge in [-0.25, -0.2) is 0 Å². The second-order valence-electron chi connectivity index (χ2n) is 3.51. The molecule has 1 spiro atoms. The SMILES string of the molecule is CC1C[P+]12C(C)C2C. The molecule has 0 bridgehead atoms. The third kappa shape index (κ3) is 0.345. The van der Waals surface area contributed by atoms with Gasteiger partial charge >= 0.3 is 0 Å². The molecule has 0 aromatic heterocycles. The molecule has 2 fully saturated rings. The molecule has 0 amide bonds. The van der Waals surface area contributed by atoms with Crippen molar-refractivity contribution in [1.82, 2.24) is 0 Å². The molecule has 3 unspecified atom stereocenters. The van der Waals surface area contributed by atoms with Crippen molar-refractivity contribution in [2.24, 2.45) is 0 Å². The molecule has 0 aromatic rings. The third-order valence-electron chi connectivity index (χ3n) is 3.39. The highest BCUT2D eigenvalue weighted by atomic mass is 31.2. The van der Waals surface area contributed by atoms with Gasteiger partial charge in [0.1, 0.15) is 17.0 Å². The Hall–Kier alpha value is 0.430. The lowest BCUT2D eigenvalue weighted by molar-refractivity contribution is 1.05. The van der Waals surface area contributed by atoms with E-state index in [0.29, 0.717) is 0 Å². The van der Waals surface area contributed by atoms with Crippen LogP contribution in [0.3, 0.4) is 0 Å². The summed E-state index contributed by atoms with van der Waals surface area (Å²) in [7, 11) is -0.162. The molecule has 0 nitrogen and oxygen atoms in total. The standard InChI is InChI=1S/C7H14P/c1-5-4-8(5)6(2)7(8)3/h5-7H,4H2,1-3H3/q+1. The van der Waals surface area contributed by atoms with E-state index in [4.69, 9.17) is 0 Å². The molecule has 0 radical (unpaired) electrons. The van der Waals surface area contributed by atoms with Gasteiger partial charge in [-0.05, 0) is 20.8 Å². The first-order valence-corrected chi connectivity index (χ1v) is 5.75. The molecule has 0 aliphatic carbocycles. The monoisotopic (exact) mass is 129 g/mol. The lowest BCUT2D eigenvalue weighted by atomic mass is 10.4. The van der Waals surface area contributed by atoms with E-state index in [-0.39, 0.29) is 7.26 Å². The van der Waals surface area contributed by atoms with E-state index >= 15 is 0 Å². The van der Waals surface area contributed by atoms with Crippen molar-refractivity contribution in [2.75, 3.05) is 6.16 Å². The molecule has 0 aromatic carbocycles. The van der Waals surface area contributed by atoms with Gasteiger partial charge in [0.2, 0.25) is 0 Å². The predicted molar refractivity (Wildman–Crippen MR) is 40.2 cm³/mol. The van der Waals surface area contributed by atoms with Crippen LogP contribution in [-0.4, -0.2) is 23.1 Å². The molecule has 2 aliphatic heterocycles. The van der Waals surface area contributed by atoms with Gasteiger partial charge in [-0.15, -0.1) is 0 Å². The van der Waals surface area contributed by atoms with E-state index in [1.54, 1.807) is 6.16 Å². The topological polar surface area (TPSA) is 0 Å². The van der Waals surface area contributed by atoms with Crippen LogP contribution >= 0.6 is 7.26 Å². The fraction of sp³-hybridized carbons (Fsp3) is 1.00. The molecule has 46 valence electrons. The minimum Gasteiger partial charge on any atom is -0.0246 e. The first kappa shape index (κ1) is 5.23. The fourth-order valence-electron chi connectivity index (χ4n) is 2.34. The van der Waals surface area contributed by atoms with Crippen LogP contribution < -0.4 is 0 Å². The van der Waals surface area contributed by atoms with E-state index in [2.05, 4.69) is 20.8 Å². The Labute approximate surface area is 52.0 Å². The maximum Gasteiger partial charge on any atom is 0.104 e. The average Bonchev–Trinajstić information content (AvgIpc) is 2.47. The summed E-state index contributed by atoms with van der Waals surface area (Å²) < 4.78 is 0. The van der Waals surface area contributed by atoms with Gasteiger partial charge in [0.15, 0.2) is 0 Å². The van der Waals surface area contributed by atoms with Crippen molar-refractivity contribution in [3.05, 3.63) is 0 Å². The Morgan fingerprint density at radius 1 is 1.12 bits per heavy atom. The lowest BCUT2D eigenvalue weighted by Crippen LogP contribution is -1.74. The van der Waals surface area contributed by atoms with Crippen molar-refractivity contribution in [3.8, 4) is 0 Å². The summed E-state index contributed by atoms with van der Waals surface area (Å²) >= 11 is 0. The van der Waals surface area contributed by atoms with Gasteiger partial charge in [0.25, 0.3) is 0 Å².